The lowest BCUT2D eigenvalue weighted by Gasteiger charge is -2.13. The molecule has 0 aliphatic heterocycles. The molecule has 0 fully saturated rings. The third-order valence-corrected chi connectivity index (χ3v) is 2.58. The number of nitrogens with one attached hydrogen (secondary N) is 1. The summed E-state index contributed by atoms with van der Waals surface area (Å²) in [6, 6.07) is 0.881. The van der Waals surface area contributed by atoms with Crippen LogP contribution in [0, 0.1) is 0 Å². The monoisotopic (exact) mass is 260 g/mol. The molecule has 1 rings (SSSR count). The van der Waals surface area contributed by atoms with Crippen LogP contribution >= 0.6 is 11.6 Å². The first kappa shape index (κ1) is 14.0. The summed E-state index contributed by atoms with van der Waals surface area (Å²) in [6.07, 6.45) is 2.02. The van der Waals surface area contributed by atoms with Gasteiger partial charge in [0.2, 0.25) is 0 Å². The van der Waals surface area contributed by atoms with Gasteiger partial charge in [0.05, 0.1) is 12.6 Å². The zero-order valence-corrected chi connectivity index (χ0v) is 10.8. The molecule has 1 atom stereocenters. The topological polar surface area (TPSA) is 64.1 Å². The highest BCUT2D eigenvalue weighted by atomic mass is 35.5. The van der Waals surface area contributed by atoms with Gasteiger partial charge in [-0.15, -0.1) is 0 Å². The van der Waals surface area contributed by atoms with Crippen LogP contribution < -0.4 is 11.2 Å². The van der Waals surface area contributed by atoms with Crippen molar-refractivity contribution in [1.29, 1.82) is 0 Å². The van der Waals surface area contributed by atoms with Crippen LogP contribution in [0.1, 0.15) is 32.7 Å². The number of rotatable bonds is 6. The summed E-state index contributed by atoms with van der Waals surface area (Å²) in [5.41, 5.74) is -0.917. The van der Waals surface area contributed by atoms with Gasteiger partial charge in [0.25, 0.3) is 5.56 Å². The molecule has 5 nitrogen and oxygen atoms in total. The van der Waals surface area contributed by atoms with Crippen molar-refractivity contribution in [3.05, 3.63) is 32.1 Å². The molecule has 0 radical (unpaired) electrons. The predicted molar refractivity (Wildman–Crippen MR) is 66.8 cm³/mol. The van der Waals surface area contributed by atoms with Gasteiger partial charge in [0, 0.05) is 12.7 Å². The molecule has 0 bridgehead atoms. The second-order valence-corrected chi connectivity index (χ2v) is 4.32. The fourth-order valence-electron chi connectivity index (χ4n) is 1.47. The van der Waals surface area contributed by atoms with E-state index >= 15 is 0 Å². The molecule has 0 saturated carbocycles. The van der Waals surface area contributed by atoms with Crippen LogP contribution in [0.3, 0.4) is 0 Å². The summed E-state index contributed by atoms with van der Waals surface area (Å²) >= 11 is 5.57. The van der Waals surface area contributed by atoms with E-state index in [1.54, 1.807) is 6.92 Å². The average Bonchev–Trinajstić information content (AvgIpc) is 2.23. The maximum absolute atomic E-state index is 11.6. The molecule has 1 N–H and O–H groups in total. The molecule has 0 unspecified atom stereocenters. The Labute approximate surface area is 104 Å². The number of H-pyrrole nitrogens is 1. The third kappa shape index (κ3) is 4.02. The normalized spacial score (nSPS) is 12.6. The van der Waals surface area contributed by atoms with E-state index in [9.17, 15) is 9.59 Å². The highest BCUT2D eigenvalue weighted by Gasteiger charge is 2.11. The number of halogens is 1. The lowest BCUT2D eigenvalue weighted by atomic mass is 10.3. The lowest BCUT2D eigenvalue weighted by molar-refractivity contribution is 0.103. The molecule has 96 valence electrons. The molecule has 1 heterocycles. The van der Waals surface area contributed by atoms with E-state index in [-0.39, 0.29) is 11.2 Å². The summed E-state index contributed by atoms with van der Waals surface area (Å²) < 4.78 is 6.49. The summed E-state index contributed by atoms with van der Waals surface area (Å²) in [6.45, 7) is 4.81. The molecule has 1 aromatic rings. The maximum Gasteiger partial charge on any atom is 0.329 e. The van der Waals surface area contributed by atoms with Crippen LogP contribution in [0.25, 0.3) is 0 Å². The van der Waals surface area contributed by atoms with Gasteiger partial charge in [-0.05, 0) is 13.3 Å². The van der Waals surface area contributed by atoms with Gasteiger partial charge in [-0.1, -0.05) is 24.9 Å². The standard InChI is InChI=1S/C11H17ClN2O3/c1-3-4-5-17-7-8(2)14-10(15)6-9(12)13-11(14)16/h6,8H,3-5,7H2,1-2H3,(H,13,16)/t8-/m1/s1. The molecule has 0 aromatic carbocycles. The predicted octanol–water partition coefficient (Wildman–Crippen LogP) is 1.57. The van der Waals surface area contributed by atoms with E-state index in [1.807, 2.05) is 0 Å². The van der Waals surface area contributed by atoms with E-state index in [1.165, 1.54) is 6.07 Å². The second kappa shape index (κ2) is 6.61. The van der Waals surface area contributed by atoms with E-state index in [0.29, 0.717) is 13.2 Å². The van der Waals surface area contributed by atoms with Crippen LogP contribution in [-0.4, -0.2) is 22.8 Å². The van der Waals surface area contributed by atoms with Crippen molar-refractivity contribution >= 4 is 11.6 Å². The molecular formula is C11H17ClN2O3. The number of nitrogens with zero attached hydrogens (tertiary/aromatic N) is 1. The Kier molecular flexibility index (Phi) is 5.44. The Balaban J connectivity index is 2.72. The number of ether oxygens (including phenoxy) is 1. The number of aromatic amines is 1. The Morgan fingerprint density at radius 3 is 2.82 bits per heavy atom. The van der Waals surface area contributed by atoms with E-state index < -0.39 is 11.2 Å². The largest absolute Gasteiger partial charge is 0.379 e. The van der Waals surface area contributed by atoms with Crippen molar-refractivity contribution < 1.29 is 4.74 Å². The zero-order chi connectivity index (χ0) is 12.8. The summed E-state index contributed by atoms with van der Waals surface area (Å²) in [7, 11) is 0. The van der Waals surface area contributed by atoms with Crippen molar-refractivity contribution in [3.63, 3.8) is 0 Å². The number of hydrogen-bond donors (Lipinski definition) is 1. The lowest BCUT2D eigenvalue weighted by Crippen LogP contribution is -2.38. The number of unbranched alkanes of at least 4 members (excludes halogenated alkanes) is 1. The molecule has 0 spiro atoms. The molecule has 0 aliphatic carbocycles. The SMILES string of the molecule is CCCCOC[C@@H](C)n1c(=O)cc(Cl)[nH]c1=O. The summed E-state index contributed by atoms with van der Waals surface area (Å²) in [4.78, 5) is 25.5. The van der Waals surface area contributed by atoms with E-state index in [0.717, 1.165) is 17.4 Å². The van der Waals surface area contributed by atoms with Gasteiger partial charge in [0.15, 0.2) is 0 Å². The molecule has 0 amide bonds. The van der Waals surface area contributed by atoms with Crippen molar-refractivity contribution in [3.8, 4) is 0 Å². The van der Waals surface area contributed by atoms with E-state index in [2.05, 4.69) is 11.9 Å². The average molecular weight is 261 g/mol. The Bertz CT molecular complexity index is 435. The van der Waals surface area contributed by atoms with Crippen molar-refractivity contribution in [2.75, 3.05) is 13.2 Å². The molecule has 0 saturated heterocycles. The Morgan fingerprint density at radius 1 is 1.53 bits per heavy atom. The quantitative estimate of drug-likeness (QED) is 0.624. The van der Waals surface area contributed by atoms with Gasteiger partial charge >= 0.3 is 5.69 Å². The minimum absolute atomic E-state index is 0.0513. The van der Waals surface area contributed by atoms with Crippen LogP contribution in [0.15, 0.2) is 15.7 Å². The van der Waals surface area contributed by atoms with Gasteiger partial charge in [-0.2, -0.15) is 0 Å². The molecule has 0 aliphatic rings. The molecule has 1 aromatic heterocycles. The highest BCUT2D eigenvalue weighted by molar-refractivity contribution is 6.29. The van der Waals surface area contributed by atoms with E-state index in [4.69, 9.17) is 16.3 Å². The van der Waals surface area contributed by atoms with Crippen LogP contribution in [0.4, 0.5) is 0 Å². The highest BCUT2D eigenvalue weighted by Crippen LogP contribution is 2.02. The van der Waals surface area contributed by atoms with Gasteiger partial charge in [-0.25, -0.2) is 4.79 Å². The second-order valence-electron chi connectivity index (χ2n) is 3.91. The number of hydrogen-bond acceptors (Lipinski definition) is 3. The van der Waals surface area contributed by atoms with Gasteiger partial charge in [-0.3, -0.25) is 14.3 Å². The van der Waals surface area contributed by atoms with Crippen LogP contribution in [0.2, 0.25) is 5.15 Å². The van der Waals surface area contributed by atoms with Crippen molar-refractivity contribution in [2.24, 2.45) is 0 Å². The third-order valence-electron chi connectivity index (χ3n) is 2.37. The van der Waals surface area contributed by atoms with Crippen LogP contribution in [0.5, 0.6) is 0 Å². The van der Waals surface area contributed by atoms with Gasteiger partial charge in [0.1, 0.15) is 5.15 Å². The van der Waals surface area contributed by atoms with Crippen molar-refractivity contribution in [1.82, 2.24) is 9.55 Å². The summed E-state index contributed by atoms with van der Waals surface area (Å²) in [5, 5.41) is 0.0513. The first-order chi connectivity index (χ1) is 8.06. The minimum Gasteiger partial charge on any atom is -0.379 e. The Morgan fingerprint density at radius 2 is 2.24 bits per heavy atom. The molecule has 17 heavy (non-hydrogen) atoms. The summed E-state index contributed by atoms with van der Waals surface area (Å²) in [5.74, 6) is 0. The Hall–Kier alpha value is -1.07. The minimum atomic E-state index is -0.505. The first-order valence-electron chi connectivity index (χ1n) is 5.65. The molecule has 6 heteroatoms. The fourth-order valence-corrected chi connectivity index (χ4v) is 1.64. The zero-order valence-electron chi connectivity index (χ0n) is 10.0. The number of aromatic nitrogens is 2. The fraction of sp³-hybridized carbons (Fsp3) is 0.636. The van der Waals surface area contributed by atoms with Crippen molar-refractivity contribution in [2.45, 2.75) is 32.7 Å². The van der Waals surface area contributed by atoms with Crippen LogP contribution in [-0.2, 0) is 4.74 Å². The molecular weight excluding hydrogens is 244 g/mol. The maximum atomic E-state index is 11.6. The smallest absolute Gasteiger partial charge is 0.329 e. The first-order valence-corrected chi connectivity index (χ1v) is 6.03. The van der Waals surface area contributed by atoms with Gasteiger partial charge < -0.3 is 4.74 Å².